The second-order valence-electron chi connectivity index (χ2n) is 5.14. The summed E-state index contributed by atoms with van der Waals surface area (Å²) in [7, 11) is 0. The van der Waals surface area contributed by atoms with Crippen LogP contribution in [0, 0.1) is 19.8 Å². The molecule has 2 aromatic heterocycles. The van der Waals surface area contributed by atoms with Crippen molar-refractivity contribution in [3.8, 4) is 0 Å². The van der Waals surface area contributed by atoms with Crippen molar-refractivity contribution in [2.75, 3.05) is 0 Å². The molecule has 0 bridgehead atoms. The van der Waals surface area contributed by atoms with E-state index in [2.05, 4.69) is 20.3 Å². The lowest BCUT2D eigenvalue weighted by atomic mass is 10.2. The minimum atomic E-state index is -0.178. The number of carbonyl (C=O) groups is 1. The Morgan fingerprint density at radius 2 is 2.05 bits per heavy atom. The molecule has 1 aliphatic carbocycles. The van der Waals surface area contributed by atoms with Crippen LogP contribution in [0.25, 0.3) is 0 Å². The largest absolute Gasteiger partial charge is 0.341 e. The summed E-state index contributed by atoms with van der Waals surface area (Å²) in [4.78, 5) is 26.0. The standard InChI is InChI=1S/C14H16N4OS/c1-8-5-16-11(7-15-8)13(19)18-12(10-3-4-10)14-17-6-9(2)20-14/h5-7,10,12H,3-4H2,1-2H3,(H,18,19)/t12-/m1/s1. The van der Waals surface area contributed by atoms with Gasteiger partial charge in [0.15, 0.2) is 0 Å². The first-order chi connectivity index (χ1) is 9.63. The number of aryl methyl sites for hydroxylation is 2. The summed E-state index contributed by atoms with van der Waals surface area (Å²) < 4.78 is 0. The van der Waals surface area contributed by atoms with Crippen molar-refractivity contribution in [2.45, 2.75) is 32.7 Å². The summed E-state index contributed by atoms with van der Waals surface area (Å²) in [5.74, 6) is 0.324. The molecule has 3 rings (SSSR count). The van der Waals surface area contributed by atoms with E-state index in [9.17, 15) is 4.79 Å². The van der Waals surface area contributed by atoms with E-state index in [4.69, 9.17) is 0 Å². The smallest absolute Gasteiger partial charge is 0.272 e. The van der Waals surface area contributed by atoms with Gasteiger partial charge < -0.3 is 5.32 Å². The predicted molar refractivity (Wildman–Crippen MR) is 76.6 cm³/mol. The minimum absolute atomic E-state index is 0.00398. The molecule has 20 heavy (non-hydrogen) atoms. The van der Waals surface area contributed by atoms with Gasteiger partial charge >= 0.3 is 0 Å². The lowest BCUT2D eigenvalue weighted by Gasteiger charge is -2.15. The Morgan fingerprint density at radius 1 is 1.25 bits per heavy atom. The summed E-state index contributed by atoms with van der Waals surface area (Å²) in [6.45, 7) is 3.87. The fraction of sp³-hybridized carbons (Fsp3) is 0.429. The molecule has 1 N–H and O–H groups in total. The lowest BCUT2D eigenvalue weighted by Crippen LogP contribution is -2.30. The number of rotatable bonds is 4. The van der Waals surface area contributed by atoms with Crippen molar-refractivity contribution in [3.05, 3.63) is 39.9 Å². The zero-order valence-corrected chi connectivity index (χ0v) is 12.3. The molecule has 0 saturated heterocycles. The van der Waals surface area contributed by atoms with E-state index in [1.165, 1.54) is 6.20 Å². The summed E-state index contributed by atoms with van der Waals surface area (Å²) in [6, 6.07) is 0.00398. The van der Waals surface area contributed by atoms with Crippen LogP contribution in [0.2, 0.25) is 0 Å². The molecule has 0 unspecified atom stereocenters. The normalized spacial score (nSPS) is 15.9. The van der Waals surface area contributed by atoms with Gasteiger partial charge in [-0.2, -0.15) is 0 Å². The van der Waals surface area contributed by atoms with E-state index < -0.39 is 0 Å². The molecule has 5 nitrogen and oxygen atoms in total. The van der Waals surface area contributed by atoms with Gasteiger partial charge in [0.2, 0.25) is 0 Å². The van der Waals surface area contributed by atoms with E-state index in [1.54, 1.807) is 17.5 Å². The molecule has 1 aliphatic rings. The molecular formula is C14H16N4OS. The second kappa shape index (κ2) is 5.28. The van der Waals surface area contributed by atoms with Crippen LogP contribution >= 0.6 is 11.3 Å². The maximum Gasteiger partial charge on any atom is 0.272 e. The maximum absolute atomic E-state index is 12.2. The Kier molecular flexibility index (Phi) is 3.48. The van der Waals surface area contributed by atoms with Crippen LogP contribution in [0.5, 0.6) is 0 Å². The third-order valence-electron chi connectivity index (χ3n) is 3.30. The number of carbonyl (C=O) groups excluding carboxylic acids is 1. The summed E-state index contributed by atoms with van der Waals surface area (Å²) in [5.41, 5.74) is 1.16. The van der Waals surface area contributed by atoms with Crippen LogP contribution in [-0.4, -0.2) is 20.9 Å². The quantitative estimate of drug-likeness (QED) is 0.938. The first kappa shape index (κ1) is 13.2. The zero-order chi connectivity index (χ0) is 14.1. The molecule has 1 amide bonds. The Bertz CT molecular complexity index is 618. The molecule has 2 heterocycles. The SMILES string of the molecule is Cc1cnc(C(=O)N[C@@H](c2ncc(C)s2)C2CC2)cn1. The van der Waals surface area contributed by atoms with E-state index in [-0.39, 0.29) is 11.9 Å². The first-order valence-corrected chi connectivity index (χ1v) is 7.47. The van der Waals surface area contributed by atoms with Crippen LogP contribution in [0.15, 0.2) is 18.6 Å². The van der Waals surface area contributed by atoms with Crippen molar-refractivity contribution in [3.63, 3.8) is 0 Å². The van der Waals surface area contributed by atoms with Crippen molar-refractivity contribution >= 4 is 17.2 Å². The molecule has 2 aromatic rings. The Morgan fingerprint density at radius 3 is 2.60 bits per heavy atom. The average Bonchev–Trinajstić information content (AvgIpc) is 3.18. The van der Waals surface area contributed by atoms with E-state index in [1.807, 2.05) is 20.0 Å². The third kappa shape index (κ3) is 2.85. The Labute approximate surface area is 121 Å². The number of hydrogen-bond donors (Lipinski definition) is 1. The van der Waals surface area contributed by atoms with Gasteiger partial charge in [-0.1, -0.05) is 0 Å². The average molecular weight is 288 g/mol. The van der Waals surface area contributed by atoms with E-state index in [0.717, 1.165) is 28.4 Å². The zero-order valence-electron chi connectivity index (χ0n) is 11.5. The van der Waals surface area contributed by atoms with E-state index >= 15 is 0 Å². The Hall–Kier alpha value is -1.82. The monoisotopic (exact) mass is 288 g/mol. The lowest BCUT2D eigenvalue weighted by molar-refractivity contribution is 0.0926. The molecule has 0 aromatic carbocycles. The van der Waals surface area contributed by atoms with Gasteiger partial charge in [0.1, 0.15) is 10.7 Å². The molecular weight excluding hydrogens is 272 g/mol. The van der Waals surface area contributed by atoms with Gasteiger partial charge in [-0.15, -0.1) is 11.3 Å². The highest BCUT2D eigenvalue weighted by Crippen LogP contribution is 2.42. The number of nitrogens with zero attached hydrogens (tertiary/aromatic N) is 3. The molecule has 1 fully saturated rings. The van der Waals surface area contributed by atoms with E-state index in [0.29, 0.717) is 11.6 Å². The number of nitrogens with one attached hydrogen (secondary N) is 1. The molecule has 0 radical (unpaired) electrons. The fourth-order valence-electron chi connectivity index (χ4n) is 2.05. The molecule has 0 aliphatic heterocycles. The summed E-state index contributed by atoms with van der Waals surface area (Å²) >= 11 is 1.64. The number of thiazole rings is 1. The highest BCUT2D eigenvalue weighted by Gasteiger charge is 2.35. The number of hydrogen-bond acceptors (Lipinski definition) is 5. The van der Waals surface area contributed by atoms with Crippen LogP contribution in [0.1, 0.15) is 45.0 Å². The van der Waals surface area contributed by atoms with Crippen molar-refractivity contribution < 1.29 is 4.79 Å². The van der Waals surface area contributed by atoms with Gasteiger partial charge in [0.05, 0.1) is 17.9 Å². The van der Waals surface area contributed by atoms with Crippen molar-refractivity contribution in [1.29, 1.82) is 0 Å². The third-order valence-corrected chi connectivity index (χ3v) is 4.29. The highest BCUT2D eigenvalue weighted by atomic mass is 32.1. The van der Waals surface area contributed by atoms with Crippen LogP contribution in [-0.2, 0) is 0 Å². The number of aromatic nitrogens is 3. The van der Waals surface area contributed by atoms with Gasteiger partial charge in [-0.05, 0) is 32.6 Å². The van der Waals surface area contributed by atoms with Gasteiger partial charge in [-0.3, -0.25) is 9.78 Å². The first-order valence-electron chi connectivity index (χ1n) is 6.65. The van der Waals surface area contributed by atoms with Gasteiger partial charge in [0, 0.05) is 17.3 Å². The molecule has 1 atom stereocenters. The minimum Gasteiger partial charge on any atom is -0.341 e. The Balaban J connectivity index is 1.76. The topological polar surface area (TPSA) is 67.8 Å². The molecule has 6 heteroatoms. The van der Waals surface area contributed by atoms with Gasteiger partial charge in [0.25, 0.3) is 5.91 Å². The van der Waals surface area contributed by atoms with Gasteiger partial charge in [-0.25, -0.2) is 9.97 Å². The fourth-order valence-corrected chi connectivity index (χ4v) is 2.97. The van der Waals surface area contributed by atoms with Crippen LogP contribution in [0.3, 0.4) is 0 Å². The predicted octanol–water partition coefficient (Wildman–Crippen LogP) is 2.43. The molecule has 104 valence electrons. The van der Waals surface area contributed by atoms with Crippen LogP contribution in [0.4, 0.5) is 0 Å². The summed E-state index contributed by atoms with van der Waals surface area (Å²) in [6.07, 6.45) is 7.26. The van der Waals surface area contributed by atoms with Crippen LogP contribution < -0.4 is 5.32 Å². The van der Waals surface area contributed by atoms with Crippen molar-refractivity contribution in [1.82, 2.24) is 20.3 Å². The maximum atomic E-state index is 12.2. The second-order valence-corrected chi connectivity index (χ2v) is 6.41. The molecule has 1 saturated carbocycles. The highest BCUT2D eigenvalue weighted by molar-refractivity contribution is 7.11. The molecule has 0 spiro atoms. The number of amides is 1. The summed E-state index contributed by atoms with van der Waals surface area (Å²) in [5, 5.41) is 4.04. The van der Waals surface area contributed by atoms with Crippen molar-refractivity contribution in [2.24, 2.45) is 5.92 Å².